The van der Waals surface area contributed by atoms with E-state index in [1.54, 1.807) is 54.6 Å². The number of carbonyl (C=O) groups is 2. The molecule has 0 atom stereocenters. The maximum atomic E-state index is 12.4. The molecule has 0 aliphatic rings. The van der Waals surface area contributed by atoms with E-state index in [9.17, 15) is 14.9 Å². The van der Waals surface area contributed by atoms with Crippen molar-refractivity contribution >= 4 is 23.6 Å². The second kappa shape index (κ2) is 9.90. The molecular weight excluding hydrogens is 392 g/mol. The summed E-state index contributed by atoms with van der Waals surface area (Å²) in [6.45, 7) is 1.93. The van der Waals surface area contributed by atoms with Gasteiger partial charge < -0.3 is 14.8 Å². The van der Waals surface area contributed by atoms with E-state index in [0.29, 0.717) is 22.6 Å². The zero-order valence-corrected chi connectivity index (χ0v) is 17.1. The van der Waals surface area contributed by atoms with Crippen LogP contribution in [-0.4, -0.2) is 19.0 Å². The first kappa shape index (κ1) is 21.3. The van der Waals surface area contributed by atoms with E-state index in [4.69, 9.17) is 9.47 Å². The predicted octanol–water partition coefficient (Wildman–Crippen LogP) is 4.77. The lowest BCUT2D eigenvalue weighted by Gasteiger charge is -2.10. The van der Waals surface area contributed by atoms with Gasteiger partial charge in [-0.3, -0.25) is 4.79 Å². The molecule has 154 valence electrons. The number of hydrogen-bond donors (Lipinski definition) is 1. The zero-order chi connectivity index (χ0) is 22.2. The Morgan fingerprint density at radius 3 is 2.32 bits per heavy atom. The normalized spacial score (nSPS) is 10.7. The highest BCUT2D eigenvalue weighted by atomic mass is 16.6. The van der Waals surface area contributed by atoms with E-state index in [1.165, 1.54) is 13.2 Å². The first-order chi connectivity index (χ1) is 15.0. The fourth-order valence-corrected chi connectivity index (χ4v) is 2.74. The van der Waals surface area contributed by atoms with Crippen molar-refractivity contribution in [3.8, 4) is 17.6 Å². The van der Waals surface area contributed by atoms with Gasteiger partial charge in [-0.15, -0.1) is 0 Å². The Bertz CT molecular complexity index is 1160. The molecule has 1 amide bonds. The number of nitrogens with zero attached hydrogens (tertiary/aromatic N) is 1. The number of ether oxygens (including phenoxy) is 2. The van der Waals surface area contributed by atoms with Crippen LogP contribution in [0.15, 0.2) is 78.4 Å². The van der Waals surface area contributed by atoms with E-state index in [0.717, 1.165) is 5.56 Å². The van der Waals surface area contributed by atoms with Crippen molar-refractivity contribution in [2.24, 2.45) is 0 Å². The van der Waals surface area contributed by atoms with Crippen molar-refractivity contribution in [3.05, 3.63) is 95.1 Å². The smallest absolute Gasteiger partial charge is 0.343 e. The summed E-state index contributed by atoms with van der Waals surface area (Å²) < 4.78 is 10.8. The monoisotopic (exact) mass is 412 g/mol. The fourth-order valence-electron chi connectivity index (χ4n) is 2.74. The highest BCUT2D eigenvalue weighted by Crippen LogP contribution is 2.30. The number of rotatable bonds is 6. The van der Waals surface area contributed by atoms with Crippen molar-refractivity contribution in [2.45, 2.75) is 6.92 Å². The molecule has 0 fully saturated rings. The average Bonchev–Trinajstić information content (AvgIpc) is 2.79. The fraction of sp³-hybridized carbons (Fsp3) is 0.0800. The van der Waals surface area contributed by atoms with Gasteiger partial charge in [-0.1, -0.05) is 42.0 Å². The Labute approximate surface area is 180 Å². The lowest BCUT2D eigenvalue weighted by Crippen LogP contribution is -2.13. The van der Waals surface area contributed by atoms with Gasteiger partial charge in [0.1, 0.15) is 11.6 Å². The number of esters is 1. The van der Waals surface area contributed by atoms with Crippen LogP contribution in [0.1, 0.15) is 21.5 Å². The van der Waals surface area contributed by atoms with Crippen LogP contribution in [0.5, 0.6) is 11.5 Å². The maximum Gasteiger partial charge on any atom is 0.343 e. The van der Waals surface area contributed by atoms with Crippen LogP contribution in [-0.2, 0) is 4.79 Å². The van der Waals surface area contributed by atoms with Crippen LogP contribution in [0.2, 0.25) is 0 Å². The third-order valence-corrected chi connectivity index (χ3v) is 4.39. The molecule has 0 radical (unpaired) electrons. The molecule has 0 heterocycles. The second-order valence-electron chi connectivity index (χ2n) is 6.66. The lowest BCUT2D eigenvalue weighted by atomic mass is 10.1. The van der Waals surface area contributed by atoms with Gasteiger partial charge >= 0.3 is 5.97 Å². The Hall–Kier alpha value is -4.37. The molecule has 1 N–H and O–H groups in total. The number of methoxy groups -OCH3 is 1. The minimum Gasteiger partial charge on any atom is -0.493 e. The topological polar surface area (TPSA) is 88.4 Å². The van der Waals surface area contributed by atoms with Gasteiger partial charge in [0.05, 0.1) is 12.7 Å². The van der Waals surface area contributed by atoms with Gasteiger partial charge in [0.2, 0.25) is 0 Å². The summed E-state index contributed by atoms with van der Waals surface area (Å²) in [5, 5.41) is 12.1. The maximum absolute atomic E-state index is 12.4. The molecule has 0 aromatic heterocycles. The van der Waals surface area contributed by atoms with E-state index in [2.05, 4.69) is 5.32 Å². The summed E-state index contributed by atoms with van der Waals surface area (Å²) in [7, 11) is 1.44. The summed E-state index contributed by atoms with van der Waals surface area (Å²) in [4.78, 5) is 24.8. The summed E-state index contributed by atoms with van der Waals surface area (Å²) in [6, 6.07) is 22.6. The molecular formula is C25H20N2O4. The Kier molecular flexibility index (Phi) is 6.82. The molecule has 0 spiro atoms. The van der Waals surface area contributed by atoms with Gasteiger partial charge in [-0.05, 0) is 55.0 Å². The number of anilines is 1. The third kappa shape index (κ3) is 5.58. The highest BCUT2D eigenvalue weighted by molar-refractivity contribution is 6.09. The van der Waals surface area contributed by atoms with Crippen molar-refractivity contribution in [2.75, 3.05) is 12.4 Å². The highest BCUT2D eigenvalue weighted by Gasteiger charge is 2.14. The molecule has 3 aromatic carbocycles. The summed E-state index contributed by atoms with van der Waals surface area (Å²) in [6.07, 6.45) is 1.44. The number of para-hydroxylation sites is 1. The third-order valence-electron chi connectivity index (χ3n) is 4.39. The molecule has 6 nitrogen and oxygen atoms in total. The number of amides is 1. The van der Waals surface area contributed by atoms with Crippen LogP contribution in [0, 0.1) is 18.3 Å². The molecule has 0 aliphatic heterocycles. The average molecular weight is 412 g/mol. The Morgan fingerprint density at radius 2 is 1.68 bits per heavy atom. The second-order valence-corrected chi connectivity index (χ2v) is 6.66. The van der Waals surface area contributed by atoms with Crippen molar-refractivity contribution < 1.29 is 19.1 Å². The predicted molar refractivity (Wildman–Crippen MR) is 118 cm³/mol. The van der Waals surface area contributed by atoms with Crippen LogP contribution in [0.4, 0.5) is 5.69 Å². The first-order valence-corrected chi connectivity index (χ1v) is 9.45. The summed E-state index contributed by atoms with van der Waals surface area (Å²) in [5.41, 5.74) is 2.52. The van der Waals surface area contributed by atoms with Crippen LogP contribution in [0.3, 0.4) is 0 Å². The van der Waals surface area contributed by atoms with Crippen LogP contribution >= 0.6 is 0 Å². The zero-order valence-electron chi connectivity index (χ0n) is 17.1. The van der Waals surface area contributed by atoms with Gasteiger partial charge in [0, 0.05) is 5.69 Å². The number of benzene rings is 3. The number of nitriles is 1. The van der Waals surface area contributed by atoms with E-state index < -0.39 is 11.9 Å². The van der Waals surface area contributed by atoms with Gasteiger partial charge in [0.25, 0.3) is 5.91 Å². The number of aryl methyl sites for hydroxylation is 1. The molecule has 0 saturated heterocycles. The lowest BCUT2D eigenvalue weighted by molar-refractivity contribution is -0.112. The molecule has 3 aromatic rings. The summed E-state index contributed by atoms with van der Waals surface area (Å²) >= 11 is 0. The van der Waals surface area contributed by atoms with Crippen LogP contribution in [0.25, 0.3) is 6.08 Å². The van der Waals surface area contributed by atoms with Crippen molar-refractivity contribution in [1.82, 2.24) is 0 Å². The summed E-state index contributed by atoms with van der Waals surface area (Å²) in [5.74, 6) is -0.503. The molecule has 0 bridgehead atoms. The standard InChI is InChI=1S/C25H20N2O4/c1-17-8-11-19(12-9-17)25(29)31-22-13-10-18(15-23(22)30-2)14-20(16-26)24(28)27-21-6-4-3-5-7-21/h3-15H,1-2H3,(H,27,28)/b20-14+. The molecule has 0 aliphatic carbocycles. The molecule has 0 saturated carbocycles. The first-order valence-electron chi connectivity index (χ1n) is 9.45. The number of hydrogen-bond acceptors (Lipinski definition) is 5. The SMILES string of the molecule is COc1cc(/C=C(\C#N)C(=O)Nc2ccccc2)ccc1OC(=O)c1ccc(C)cc1. The molecule has 0 unspecified atom stereocenters. The van der Waals surface area contributed by atoms with E-state index >= 15 is 0 Å². The Balaban J connectivity index is 1.79. The largest absolute Gasteiger partial charge is 0.493 e. The van der Waals surface area contributed by atoms with Crippen molar-refractivity contribution in [3.63, 3.8) is 0 Å². The van der Waals surface area contributed by atoms with Gasteiger partial charge in [-0.2, -0.15) is 5.26 Å². The molecule has 6 heteroatoms. The van der Waals surface area contributed by atoms with E-state index in [-0.39, 0.29) is 11.3 Å². The quantitative estimate of drug-likeness (QED) is 0.273. The van der Waals surface area contributed by atoms with Gasteiger partial charge in [0.15, 0.2) is 11.5 Å². The number of carbonyl (C=O) groups excluding carboxylic acids is 2. The number of nitrogens with one attached hydrogen (secondary N) is 1. The minimum absolute atomic E-state index is 0.0738. The minimum atomic E-state index is -0.525. The Morgan fingerprint density at radius 1 is 0.968 bits per heavy atom. The van der Waals surface area contributed by atoms with Crippen molar-refractivity contribution in [1.29, 1.82) is 5.26 Å². The van der Waals surface area contributed by atoms with Gasteiger partial charge in [-0.25, -0.2) is 4.79 Å². The van der Waals surface area contributed by atoms with E-state index in [1.807, 2.05) is 31.2 Å². The molecule has 31 heavy (non-hydrogen) atoms. The van der Waals surface area contributed by atoms with Crippen LogP contribution < -0.4 is 14.8 Å². The molecule has 3 rings (SSSR count).